The van der Waals surface area contributed by atoms with Gasteiger partial charge in [-0.3, -0.25) is 9.69 Å². The lowest BCUT2D eigenvalue weighted by atomic mass is 10.1. The standard InChI is InChI=1S/C22H27FN2O2/c1-27-21-4-2-3-19(17-21)11-12-24-13-15-25(16-14-24)22(26)10-7-18-5-8-20(23)9-6-18/h2-6,8-9,17H,7,10-16H2,1H3. The number of carbonyl (C=O) groups is 1. The first-order chi connectivity index (χ1) is 13.1. The molecule has 0 radical (unpaired) electrons. The fourth-order valence-corrected chi connectivity index (χ4v) is 3.40. The molecular weight excluding hydrogens is 343 g/mol. The van der Waals surface area contributed by atoms with Gasteiger partial charge in [0.15, 0.2) is 0 Å². The van der Waals surface area contributed by atoms with Crippen LogP contribution in [0.1, 0.15) is 17.5 Å². The maximum Gasteiger partial charge on any atom is 0.222 e. The van der Waals surface area contributed by atoms with Crippen LogP contribution in [-0.4, -0.2) is 55.5 Å². The van der Waals surface area contributed by atoms with Crippen molar-refractivity contribution in [1.29, 1.82) is 0 Å². The number of benzene rings is 2. The fourth-order valence-electron chi connectivity index (χ4n) is 3.40. The summed E-state index contributed by atoms with van der Waals surface area (Å²) >= 11 is 0. The molecule has 144 valence electrons. The third-order valence-corrected chi connectivity index (χ3v) is 5.12. The van der Waals surface area contributed by atoms with E-state index in [2.05, 4.69) is 17.0 Å². The minimum Gasteiger partial charge on any atom is -0.497 e. The van der Waals surface area contributed by atoms with Crippen LogP contribution in [0.2, 0.25) is 0 Å². The van der Waals surface area contributed by atoms with Gasteiger partial charge >= 0.3 is 0 Å². The third-order valence-electron chi connectivity index (χ3n) is 5.12. The summed E-state index contributed by atoms with van der Waals surface area (Å²) in [6.45, 7) is 4.37. The molecule has 4 nitrogen and oxygen atoms in total. The normalized spacial score (nSPS) is 15.0. The van der Waals surface area contributed by atoms with E-state index in [-0.39, 0.29) is 11.7 Å². The van der Waals surface area contributed by atoms with Crippen molar-refractivity contribution in [2.75, 3.05) is 39.8 Å². The minimum absolute atomic E-state index is 0.187. The van der Waals surface area contributed by atoms with Crippen molar-refractivity contribution < 1.29 is 13.9 Å². The number of carbonyl (C=O) groups excluding carboxylic acids is 1. The molecule has 0 unspecified atom stereocenters. The number of ether oxygens (including phenoxy) is 1. The molecule has 0 aromatic heterocycles. The van der Waals surface area contributed by atoms with Gasteiger partial charge in [0.2, 0.25) is 5.91 Å². The van der Waals surface area contributed by atoms with E-state index >= 15 is 0 Å². The average Bonchev–Trinajstić information content (AvgIpc) is 2.72. The molecule has 1 fully saturated rings. The SMILES string of the molecule is COc1cccc(CCN2CCN(C(=O)CCc3ccc(F)cc3)CC2)c1. The summed E-state index contributed by atoms with van der Waals surface area (Å²) in [6, 6.07) is 14.6. The number of hydrogen-bond acceptors (Lipinski definition) is 3. The first kappa shape index (κ1) is 19.4. The number of methoxy groups -OCH3 is 1. The fraction of sp³-hybridized carbons (Fsp3) is 0.409. The highest BCUT2D eigenvalue weighted by atomic mass is 19.1. The first-order valence-corrected chi connectivity index (χ1v) is 9.51. The molecule has 3 rings (SSSR count). The molecule has 1 aliphatic heterocycles. The van der Waals surface area contributed by atoms with Crippen molar-refractivity contribution >= 4 is 5.91 Å². The number of aryl methyl sites for hydroxylation is 1. The van der Waals surface area contributed by atoms with Gasteiger partial charge in [0, 0.05) is 39.1 Å². The topological polar surface area (TPSA) is 32.8 Å². The van der Waals surface area contributed by atoms with Crippen LogP contribution < -0.4 is 4.74 Å². The Hall–Kier alpha value is -2.40. The highest BCUT2D eigenvalue weighted by Gasteiger charge is 2.20. The molecule has 0 spiro atoms. The number of piperazine rings is 1. The van der Waals surface area contributed by atoms with E-state index in [1.807, 2.05) is 17.0 Å². The summed E-state index contributed by atoms with van der Waals surface area (Å²) in [6.07, 6.45) is 2.13. The van der Waals surface area contributed by atoms with Gasteiger partial charge in [-0.05, 0) is 48.2 Å². The third kappa shape index (κ3) is 5.79. The van der Waals surface area contributed by atoms with E-state index in [0.717, 1.165) is 50.5 Å². The van der Waals surface area contributed by atoms with Crippen molar-refractivity contribution in [2.24, 2.45) is 0 Å². The molecular formula is C22H27FN2O2. The van der Waals surface area contributed by atoms with E-state index in [4.69, 9.17) is 4.74 Å². The first-order valence-electron chi connectivity index (χ1n) is 9.51. The highest BCUT2D eigenvalue weighted by molar-refractivity contribution is 5.76. The Bertz CT molecular complexity index is 740. The van der Waals surface area contributed by atoms with Crippen molar-refractivity contribution in [3.63, 3.8) is 0 Å². The molecule has 0 N–H and O–H groups in total. The lowest BCUT2D eigenvalue weighted by Crippen LogP contribution is -2.49. The van der Waals surface area contributed by atoms with Gasteiger partial charge in [-0.15, -0.1) is 0 Å². The molecule has 0 aliphatic carbocycles. The molecule has 1 aliphatic rings. The predicted molar refractivity (Wildman–Crippen MR) is 104 cm³/mol. The zero-order chi connectivity index (χ0) is 19.1. The lowest BCUT2D eigenvalue weighted by Gasteiger charge is -2.34. The minimum atomic E-state index is -0.241. The Morgan fingerprint density at radius 1 is 1.00 bits per heavy atom. The molecule has 0 atom stereocenters. The van der Waals surface area contributed by atoms with Crippen LogP contribution in [0.5, 0.6) is 5.75 Å². The molecule has 1 amide bonds. The van der Waals surface area contributed by atoms with Crippen molar-refractivity contribution in [1.82, 2.24) is 9.80 Å². The number of halogens is 1. The van der Waals surface area contributed by atoms with Crippen LogP contribution in [0.3, 0.4) is 0 Å². The molecule has 2 aromatic carbocycles. The summed E-state index contributed by atoms with van der Waals surface area (Å²) in [5.74, 6) is 0.839. The Labute approximate surface area is 160 Å². The second-order valence-corrected chi connectivity index (χ2v) is 6.95. The van der Waals surface area contributed by atoms with Crippen LogP contribution in [0.4, 0.5) is 4.39 Å². The highest BCUT2D eigenvalue weighted by Crippen LogP contribution is 2.14. The van der Waals surface area contributed by atoms with E-state index in [0.29, 0.717) is 12.8 Å². The van der Waals surface area contributed by atoms with Crippen LogP contribution in [0.25, 0.3) is 0 Å². The molecule has 0 bridgehead atoms. The molecule has 5 heteroatoms. The van der Waals surface area contributed by atoms with E-state index in [1.54, 1.807) is 19.2 Å². The maximum atomic E-state index is 12.9. The Balaban J connectivity index is 1.38. The van der Waals surface area contributed by atoms with Gasteiger partial charge in [0.1, 0.15) is 11.6 Å². The Morgan fingerprint density at radius 3 is 2.44 bits per heavy atom. The molecule has 27 heavy (non-hydrogen) atoms. The van der Waals surface area contributed by atoms with Gasteiger partial charge < -0.3 is 9.64 Å². The van der Waals surface area contributed by atoms with Crippen LogP contribution in [0.15, 0.2) is 48.5 Å². The summed E-state index contributed by atoms with van der Waals surface area (Å²) in [4.78, 5) is 16.8. The number of amides is 1. The Morgan fingerprint density at radius 2 is 1.74 bits per heavy atom. The van der Waals surface area contributed by atoms with Crippen molar-refractivity contribution in [3.8, 4) is 5.75 Å². The summed E-state index contributed by atoms with van der Waals surface area (Å²) < 4.78 is 18.2. The monoisotopic (exact) mass is 370 g/mol. The summed E-state index contributed by atoms with van der Waals surface area (Å²) in [7, 11) is 1.69. The number of hydrogen-bond donors (Lipinski definition) is 0. The van der Waals surface area contributed by atoms with Gasteiger partial charge in [-0.2, -0.15) is 0 Å². The zero-order valence-corrected chi connectivity index (χ0v) is 15.9. The molecule has 1 heterocycles. The maximum absolute atomic E-state index is 12.9. The number of nitrogens with zero attached hydrogens (tertiary/aromatic N) is 2. The lowest BCUT2D eigenvalue weighted by molar-refractivity contribution is -0.132. The zero-order valence-electron chi connectivity index (χ0n) is 15.9. The van der Waals surface area contributed by atoms with Gasteiger partial charge in [0.25, 0.3) is 0 Å². The van der Waals surface area contributed by atoms with Crippen LogP contribution >= 0.6 is 0 Å². The summed E-state index contributed by atoms with van der Waals surface area (Å²) in [5, 5.41) is 0. The second kappa shape index (κ2) is 9.51. The van der Waals surface area contributed by atoms with E-state index < -0.39 is 0 Å². The van der Waals surface area contributed by atoms with Gasteiger partial charge in [-0.25, -0.2) is 4.39 Å². The second-order valence-electron chi connectivity index (χ2n) is 6.95. The van der Waals surface area contributed by atoms with E-state index in [9.17, 15) is 9.18 Å². The molecule has 1 saturated heterocycles. The molecule has 2 aromatic rings. The quantitative estimate of drug-likeness (QED) is 0.751. The number of rotatable bonds is 7. The Kier molecular flexibility index (Phi) is 6.82. The molecule has 0 saturated carbocycles. The predicted octanol–water partition coefficient (Wildman–Crippen LogP) is 3.15. The van der Waals surface area contributed by atoms with Crippen molar-refractivity contribution in [3.05, 3.63) is 65.5 Å². The van der Waals surface area contributed by atoms with E-state index in [1.165, 1.54) is 17.7 Å². The average molecular weight is 370 g/mol. The van der Waals surface area contributed by atoms with Crippen LogP contribution in [-0.2, 0) is 17.6 Å². The van der Waals surface area contributed by atoms with Gasteiger partial charge in [0.05, 0.1) is 7.11 Å². The van der Waals surface area contributed by atoms with Crippen LogP contribution in [0, 0.1) is 5.82 Å². The summed E-state index contributed by atoms with van der Waals surface area (Å²) in [5.41, 5.74) is 2.27. The van der Waals surface area contributed by atoms with Crippen molar-refractivity contribution in [2.45, 2.75) is 19.3 Å². The smallest absolute Gasteiger partial charge is 0.222 e. The van der Waals surface area contributed by atoms with Gasteiger partial charge in [-0.1, -0.05) is 24.3 Å². The largest absolute Gasteiger partial charge is 0.497 e.